The molecule has 0 amide bonds. The standard InChI is InChI=1S/C33H31NO3/c1-36-32-18-16-28(21-33(32)37-31-17-15-25-8-4-5-12-30(25)31)34(27-10-6-11-29(35)20-27)22-23-13-14-24-7-2-3-9-26(24)19-23/h2-5,7-9,12-14,16,18-21,31H,6,10-11,15,17,22H2,1H3. The predicted molar refractivity (Wildman–Crippen MR) is 148 cm³/mol. The number of methoxy groups -OCH3 is 1. The summed E-state index contributed by atoms with van der Waals surface area (Å²) < 4.78 is 12.3. The van der Waals surface area contributed by atoms with Crippen molar-refractivity contribution in [2.24, 2.45) is 0 Å². The van der Waals surface area contributed by atoms with E-state index in [2.05, 4.69) is 83.8 Å². The maximum absolute atomic E-state index is 12.4. The average Bonchev–Trinajstić information content (AvgIpc) is 3.34. The first kappa shape index (κ1) is 23.4. The van der Waals surface area contributed by atoms with E-state index in [1.165, 1.54) is 27.5 Å². The summed E-state index contributed by atoms with van der Waals surface area (Å²) in [4.78, 5) is 14.7. The summed E-state index contributed by atoms with van der Waals surface area (Å²) in [6.45, 7) is 0.669. The van der Waals surface area contributed by atoms with Crippen LogP contribution in [0.2, 0.25) is 0 Å². The Hall–Kier alpha value is -4.05. The molecule has 4 heteroatoms. The van der Waals surface area contributed by atoms with Crippen LogP contribution in [0.1, 0.15) is 48.5 Å². The molecule has 4 aromatic rings. The maximum Gasteiger partial charge on any atom is 0.164 e. The number of carbonyl (C=O) groups excluding carboxylic acids is 1. The third kappa shape index (κ3) is 4.84. The monoisotopic (exact) mass is 489 g/mol. The second kappa shape index (κ2) is 10.1. The molecule has 0 fully saturated rings. The van der Waals surface area contributed by atoms with Crippen molar-refractivity contribution in [1.29, 1.82) is 0 Å². The Kier molecular flexibility index (Phi) is 6.40. The van der Waals surface area contributed by atoms with Gasteiger partial charge in [0.25, 0.3) is 0 Å². The van der Waals surface area contributed by atoms with E-state index in [1.54, 1.807) is 7.11 Å². The van der Waals surface area contributed by atoms with Crippen molar-refractivity contribution in [3.8, 4) is 11.5 Å². The van der Waals surface area contributed by atoms with Crippen molar-refractivity contribution in [2.75, 3.05) is 12.0 Å². The molecule has 0 aliphatic heterocycles. The van der Waals surface area contributed by atoms with Crippen molar-refractivity contribution < 1.29 is 14.3 Å². The van der Waals surface area contributed by atoms with Crippen LogP contribution in [-0.4, -0.2) is 12.9 Å². The molecule has 0 N–H and O–H groups in total. The van der Waals surface area contributed by atoms with Gasteiger partial charge in [-0.1, -0.05) is 60.7 Å². The van der Waals surface area contributed by atoms with Gasteiger partial charge in [-0.2, -0.15) is 0 Å². The van der Waals surface area contributed by atoms with Crippen LogP contribution in [0.25, 0.3) is 10.8 Å². The normalized spacial score (nSPS) is 16.8. The highest BCUT2D eigenvalue weighted by Gasteiger charge is 2.26. The van der Waals surface area contributed by atoms with E-state index < -0.39 is 0 Å². The van der Waals surface area contributed by atoms with Crippen LogP contribution in [0.3, 0.4) is 0 Å². The number of nitrogens with zero attached hydrogens (tertiary/aromatic N) is 1. The summed E-state index contributed by atoms with van der Waals surface area (Å²) in [5.74, 6) is 1.64. The zero-order chi connectivity index (χ0) is 25.2. The highest BCUT2D eigenvalue weighted by molar-refractivity contribution is 5.92. The fourth-order valence-corrected chi connectivity index (χ4v) is 5.58. The summed E-state index contributed by atoms with van der Waals surface area (Å²) in [7, 11) is 1.68. The SMILES string of the molecule is COc1ccc(N(Cc2ccc3ccccc3c2)C2=CC(=O)CCC2)cc1OC1CCc2ccccc21. The largest absolute Gasteiger partial charge is 0.493 e. The quantitative estimate of drug-likeness (QED) is 0.269. The molecule has 0 bridgehead atoms. The van der Waals surface area contributed by atoms with E-state index in [4.69, 9.17) is 9.47 Å². The topological polar surface area (TPSA) is 38.8 Å². The highest BCUT2D eigenvalue weighted by atomic mass is 16.5. The van der Waals surface area contributed by atoms with Gasteiger partial charge in [0.1, 0.15) is 6.10 Å². The molecule has 2 aliphatic rings. The minimum Gasteiger partial charge on any atom is -0.493 e. The smallest absolute Gasteiger partial charge is 0.164 e. The molecule has 0 heterocycles. The molecular weight excluding hydrogens is 458 g/mol. The van der Waals surface area contributed by atoms with E-state index in [-0.39, 0.29) is 11.9 Å². The lowest BCUT2D eigenvalue weighted by atomic mass is 10.0. The molecule has 0 aromatic heterocycles. The summed E-state index contributed by atoms with van der Waals surface area (Å²) in [5, 5.41) is 2.44. The van der Waals surface area contributed by atoms with Gasteiger partial charge in [0, 0.05) is 36.5 Å². The van der Waals surface area contributed by atoms with Gasteiger partial charge in [-0.25, -0.2) is 0 Å². The lowest BCUT2D eigenvalue weighted by Gasteiger charge is -2.30. The fourth-order valence-electron chi connectivity index (χ4n) is 5.58. The Balaban J connectivity index is 1.36. The van der Waals surface area contributed by atoms with Gasteiger partial charge in [-0.15, -0.1) is 0 Å². The average molecular weight is 490 g/mol. The summed E-state index contributed by atoms with van der Waals surface area (Å²) in [5.41, 5.74) is 5.85. The Bertz CT molecular complexity index is 1490. The molecule has 186 valence electrons. The van der Waals surface area contributed by atoms with E-state index >= 15 is 0 Å². The molecule has 37 heavy (non-hydrogen) atoms. The van der Waals surface area contributed by atoms with Gasteiger partial charge in [0.05, 0.1) is 7.11 Å². The molecule has 4 nitrogen and oxygen atoms in total. The first-order chi connectivity index (χ1) is 18.2. The van der Waals surface area contributed by atoms with Crippen molar-refractivity contribution in [1.82, 2.24) is 0 Å². The number of rotatable bonds is 7. The molecule has 0 saturated carbocycles. The number of ketones is 1. The van der Waals surface area contributed by atoms with Crippen LogP contribution in [-0.2, 0) is 17.8 Å². The van der Waals surface area contributed by atoms with Crippen molar-refractivity contribution in [2.45, 2.75) is 44.8 Å². The summed E-state index contributed by atoms with van der Waals surface area (Å²) in [6, 6.07) is 29.6. The van der Waals surface area contributed by atoms with Gasteiger partial charge < -0.3 is 14.4 Å². The number of ether oxygens (including phenoxy) is 2. The first-order valence-electron chi connectivity index (χ1n) is 13.1. The van der Waals surface area contributed by atoms with Gasteiger partial charge >= 0.3 is 0 Å². The number of hydrogen-bond donors (Lipinski definition) is 0. The number of aryl methyl sites for hydroxylation is 1. The molecule has 1 unspecified atom stereocenters. The molecule has 0 radical (unpaired) electrons. The lowest BCUT2D eigenvalue weighted by Crippen LogP contribution is -2.25. The lowest BCUT2D eigenvalue weighted by molar-refractivity contribution is -0.115. The third-order valence-electron chi connectivity index (χ3n) is 7.49. The number of anilines is 1. The summed E-state index contributed by atoms with van der Waals surface area (Å²) >= 11 is 0. The molecular formula is C33H31NO3. The van der Waals surface area contributed by atoms with Crippen LogP contribution in [0.15, 0.2) is 96.7 Å². The van der Waals surface area contributed by atoms with Crippen LogP contribution >= 0.6 is 0 Å². The number of fused-ring (bicyclic) bond motifs is 2. The van der Waals surface area contributed by atoms with E-state index in [1.807, 2.05) is 12.1 Å². The van der Waals surface area contributed by atoms with E-state index in [0.717, 1.165) is 42.8 Å². The highest BCUT2D eigenvalue weighted by Crippen LogP contribution is 2.41. The molecule has 0 spiro atoms. The fraction of sp³-hybridized carbons (Fsp3) is 0.242. The van der Waals surface area contributed by atoms with Gasteiger partial charge in [-0.3, -0.25) is 4.79 Å². The Morgan fingerprint density at radius 1 is 0.838 bits per heavy atom. The Morgan fingerprint density at radius 2 is 1.68 bits per heavy atom. The van der Waals surface area contributed by atoms with E-state index in [9.17, 15) is 4.79 Å². The number of carbonyl (C=O) groups is 1. The molecule has 4 aromatic carbocycles. The molecule has 6 rings (SSSR count). The molecule has 1 atom stereocenters. The van der Waals surface area contributed by atoms with Crippen LogP contribution in [0, 0.1) is 0 Å². The molecule has 0 saturated heterocycles. The van der Waals surface area contributed by atoms with Gasteiger partial charge in [0.15, 0.2) is 17.3 Å². The van der Waals surface area contributed by atoms with Crippen molar-refractivity contribution >= 4 is 22.2 Å². The number of hydrogen-bond acceptors (Lipinski definition) is 4. The number of allylic oxidation sites excluding steroid dienone is 2. The Labute approximate surface area is 218 Å². The van der Waals surface area contributed by atoms with Crippen molar-refractivity contribution in [3.63, 3.8) is 0 Å². The minimum atomic E-state index is 0.00441. The van der Waals surface area contributed by atoms with Crippen LogP contribution < -0.4 is 14.4 Å². The minimum absolute atomic E-state index is 0.00441. The van der Waals surface area contributed by atoms with Gasteiger partial charge in [-0.05, 0) is 71.3 Å². The maximum atomic E-state index is 12.4. The predicted octanol–water partition coefficient (Wildman–Crippen LogP) is 7.56. The number of benzene rings is 4. The second-order valence-electron chi connectivity index (χ2n) is 9.90. The second-order valence-corrected chi connectivity index (χ2v) is 9.90. The molecule has 2 aliphatic carbocycles. The van der Waals surface area contributed by atoms with E-state index in [0.29, 0.717) is 18.7 Å². The van der Waals surface area contributed by atoms with Crippen molar-refractivity contribution in [3.05, 3.63) is 113 Å². The Morgan fingerprint density at radius 3 is 2.54 bits per heavy atom. The van der Waals surface area contributed by atoms with Crippen LogP contribution in [0.5, 0.6) is 11.5 Å². The summed E-state index contributed by atoms with van der Waals surface area (Å²) in [6.07, 6.45) is 6.16. The zero-order valence-corrected chi connectivity index (χ0v) is 21.2. The van der Waals surface area contributed by atoms with Gasteiger partial charge in [0.2, 0.25) is 0 Å². The van der Waals surface area contributed by atoms with Crippen LogP contribution in [0.4, 0.5) is 5.69 Å². The third-order valence-corrected chi connectivity index (χ3v) is 7.49. The first-order valence-corrected chi connectivity index (χ1v) is 13.1. The zero-order valence-electron chi connectivity index (χ0n) is 21.2.